The first-order valence-corrected chi connectivity index (χ1v) is 8.49. The lowest BCUT2D eigenvalue weighted by Crippen LogP contribution is -2.27. The third kappa shape index (κ3) is 3.82. The third-order valence-corrected chi connectivity index (χ3v) is 4.55. The predicted octanol–water partition coefficient (Wildman–Crippen LogP) is 4.69. The number of carbonyl (C=O) groups is 1. The molecule has 5 heteroatoms. The molecule has 0 atom stereocenters. The van der Waals surface area contributed by atoms with Gasteiger partial charge in [0, 0.05) is 31.1 Å². The number of aromatic nitrogens is 1. The standard InChI is InChI=1S/C21H21FN2O2/c1-14-5-4-6-18(15(14)2)24(3)21(25)12-11-20-23-13-19(26-20)16-7-9-17(22)10-8-16/h4-10,13H,11-12H2,1-3H3. The van der Waals surface area contributed by atoms with Gasteiger partial charge in [-0.3, -0.25) is 4.79 Å². The SMILES string of the molecule is Cc1cccc(N(C)C(=O)CCc2ncc(-c3ccc(F)cc3)o2)c1C. The van der Waals surface area contributed by atoms with Crippen LogP contribution in [0.1, 0.15) is 23.4 Å². The average Bonchev–Trinajstić information content (AvgIpc) is 3.11. The number of oxazole rings is 1. The molecule has 0 spiro atoms. The number of halogens is 1. The molecule has 0 aliphatic rings. The van der Waals surface area contributed by atoms with Gasteiger partial charge in [-0.15, -0.1) is 0 Å². The molecule has 2 aromatic carbocycles. The average molecular weight is 352 g/mol. The summed E-state index contributed by atoms with van der Waals surface area (Å²) >= 11 is 0. The van der Waals surface area contributed by atoms with Crippen LogP contribution in [0.3, 0.4) is 0 Å². The predicted molar refractivity (Wildman–Crippen MR) is 99.5 cm³/mol. The van der Waals surface area contributed by atoms with Crippen molar-refractivity contribution in [2.75, 3.05) is 11.9 Å². The van der Waals surface area contributed by atoms with E-state index in [9.17, 15) is 9.18 Å². The molecule has 3 aromatic rings. The lowest BCUT2D eigenvalue weighted by molar-refractivity contribution is -0.118. The lowest BCUT2D eigenvalue weighted by atomic mass is 10.1. The van der Waals surface area contributed by atoms with Crippen molar-refractivity contribution in [2.45, 2.75) is 26.7 Å². The fraction of sp³-hybridized carbons (Fsp3) is 0.238. The summed E-state index contributed by atoms with van der Waals surface area (Å²) in [7, 11) is 1.78. The maximum Gasteiger partial charge on any atom is 0.227 e. The Morgan fingerprint density at radius 3 is 2.62 bits per heavy atom. The molecule has 1 heterocycles. The maximum atomic E-state index is 13.0. The molecule has 0 unspecified atom stereocenters. The van der Waals surface area contributed by atoms with Gasteiger partial charge in [0.2, 0.25) is 5.91 Å². The summed E-state index contributed by atoms with van der Waals surface area (Å²) in [6, 6.07) is 11.9. The van der Waals surface area contributed by atoms with Crippen LogP contribution in [0.15, 0.2) is 53.1 Å². The Bertz CT molecular complexity index is 916. The fourth-order valence-electron chi connectivity index (χ4n) is 2.79. The smallest absolute Gasteiger partial charge is 0.227 e. The molecule has 1 aromatic heterocycles. The van der Waals surface area contributed by atoms with Crippen LogP contribution in [0.4, 0.5) is 10.1 Å². The highest BCUT2D eigenvalue weighted by Gasteiger charge is 2.15. The molecular formula is C21H21FN2O2. The Kier molecular flexibility index (Phi) is 5.16. The number of anilines is 1. The van der Waals surface area contributed by atoms with Crippen LogP contribution < -0.4 is 4.90 Å². The summed E-state index contributed by atoms with van der Waals surface area (Å²) in [4.78, 5) is 18.4. The topological polar surface area (TPSA) is 46.3 Å². The Morgan fingerprint density at radius 1 is 1.15 bits per heavy atom. The molecular weight excluding hydrogens is 331 g/mol. The van der Waals surface area contributed by atoms with Crippen molar-refractivity contribution in [3.8, 4) is 11.3 Å². The van der Waals surface area contributed by atoms with E-state index >= 15 is 0 Å². The Labute approximate surface area is 152 Å². The number of hydrogen-bond acceptors (Lipinski definition) is 3. The first-order valence-electron chi connectivity index (χ1n) is 8.49. The van der Waals surface area contributed by atoms with Gasteiger partial charge in [0.1, 0.15) is 5.82 Å². The summed E-state index contributed by atoms with van der Waals surface area (Å²) in [6.07, 6.45) is 2.31. The van der Waals surface area contributed by atoms with E-state index in [2.05, 4.69) is 4.98 Å². The number of nitrogens with zero attached hydrogens (tertiary/aromatic N) is 2. The van der Waals surface area contributed by atoms with E-state index in [1.165, 1.54) is 12.1 Å². The number of benzene rings is 2. The van der Waals surface area contributed by atoms with Crippen LogP contribution in [0.5, 0.6) is 0 Å². The molecule has 0 saturated heterocycles. The lowest BCUT2D eigenvalue weighted by Gasteiger charge is -2.20. The van der Waals surface area contributed by atoms with Crippen LogP contribution >= 0.6 is 0 Å². The molecule has 0 saturated carbocycles. The minimum absolute atomic E-state index is 0.000215. The summed E-state index contributed by atoms with van der Waals surface area (Å²) in [5.41, 5.74) is 3.91. The van der Waals surface area contributed by atoms with Crippen molar-refractivity contribution in [1.29, 1.82) is 0 Å². The molecule has 26 heavy (non-hydrogen) atoms. The van der Waals surface area contributed by atoms with Gasteiger partial charge in [-0.25, -0.2) is 9.37 Å². The Morgan fingerprint density at radius 2 is 1.88 bits per heavy atom. The number of carbonyl (C=O) groups excluding carboxylic acids is 1. The summed E-state index contributed by atoms with van der Waals surface area (Å²) in [5, 5.41) is 0. The van der Waals surface area contributed by atoms with Crippen molar-refractivity contribution in [3.05, 3.63) is 71.5 Å². The van der Waals surface area contributed by atoms with Crippen molar-refractivity contribution in [3.63, 3.8) is 0 Å². The van der Waals surface area contributed by atoms with E-state index in [1.54, 1.807) is 30.3 Å². The van der Waals surface area contributed by atoms with Gasteiger partial charge in [-0.05, 0) is 55.3 Å². The maximum absolute atomic E-state index is 13.0. The molecule has 0 aliphatic carbocycles. The summed E-state index contributed by atoms with van der Waals surface area (Å²) in [5.74, 6) is 0.760. The quantitative estimate of drug-likeness (QED) is 0.669. The van der Waals surface area contributed by atoms with Gasteiger partial charge in [-0.1, -0.05) is 12.1 Å². The Hall–Kier alpha value is -2.95. The molecule has 0 N–H and O–H groups in total. The molecule has 0 radical (unpaired) electrons. The first kappa shape index (κ1) is 17.9. The largest absolute Gasteiger partial charge is 0.441 e. The zero-order chi connectivity index (χ0) is 18.7. The molecule has 0 fully saturated rings. The van der Waals surface area contributed by atoms with Gasteiger partial charge in [0.05, 0.1) is 6.20 Å². The van der Waals surface area contributed by atoms with Crippen LogP contribution in [0.2, 0.25) is 0 Å². The van der Waals surface area contributed by atoms with Crippen LogP contribution in [0, 0.1) is 19.7 Å². The fourth-order valence-corrected chi connectivity index (χ4v) is 2.79. The highest BCUT2D eigenvalue weighted by molar-refractivity contribution is 5.93. The second-order valence-electron chi connectivity index (χ2n) is 6.30. The van der Waals surface area contributed by atoms with Crippen molar-refractivity contribution in [1.82, 2.24) is 4.98 Å². The molecule has 1 amide bonds. The molecule has 0 aliphatic heterocycles. The highest BCUT2D eigenvalue weighted by Crippen LogP contribution is 2.24. The normalized spacial score (nSPS) is 10.8. The van der Waals surface area contributed by atoms with Crippen molar-refractivity contribution >= 4 is 11.6 Å². The second kappa shape index (κ2) is 7.52. The third-order valence-electron chi connectivity index (χ3n) is 4.55. The summed E-state index contributed by atoms with van der Waals surface area (Å²) in [6.45, 7) is 4.04. The van der Waals surface area contributed by atoms with E-state index in [0.29, 0.717) is 24.5 Å². The van der Waals surface area contributed by atoms with Gasteiger partial charge < -0.3 is 9.32 Å². The van der Waals surface area contributed by atoms with Gasteiger partial charge in [0.15, 0.2) is 11.7 Å². The summed E-state index contributed by atoms with van der Waals surface area (Å²) < 4.78 is 18.7. The number of aryl methyl sites for hydroxylation is 2. The number of amides is 1. The van der Waals surface area contributed by atoms with E-state index in [1.807, 2.05) is 32.0 Å². The van der Waals surface area contributed by atoms with Gasteiger partial charge in [-0.2, -0.15) is 0 Å². The number of hydrogen-bond donors (Lipinski definition) is 0. The van der Waals surface area contributed by atoms with E-state index < -0.39 is 0 Å². The Balaban J connectivity index is 1.64. The second-order valence-corrected chi connectivity index (χ2v) is 6.30. The van der Waals surface area contributed by atoms with Crippen molar-refractivity contribution < 1.29 is 13.6 Å². The van der Waals surface area contributed by atoms with Crippen molar-refractivity contribution in [2.24, 2.45) is 0 Å². The number of rotatable bonds is 5. The van der Waals surface area contributed by atoms with Crippen LogP contribution in [-0.2, 0) is 11.2 Å². The minimum atomic E-state index is -0.298. The van der Waals surface area contributed by atoms with Gasteiger partial charge >= 0.3 is 0 Å². The zero-order valence-electron chi connectivity index (χ0n) is 15.1. The van der Waals surface area contributed by atoms with Crippen LogP contribution in [0.25, 0.3) is 11.3 Å². The van der Waals surface area contributed by atoms with E-state index in [4.69, 9.17) is 4.42 Å². The highest BCUT2D eigenvalue weighted by atomic mass is 19.1. The minimum Gasteiger partial charge on any atom is -0.441 e. The first-order chi connectivity index (χ1) is 12.5. The van der Waals surface area contributed by atoms with E-state index in [0.717, 1.165) is 22.4 Å². The van der Waals surface area contributed by atoms with Gasteiger partial charge in [0.25, 0.3) is 0 Å². The molecule has 134 valence electrons. The monoisotopic (exact) mass is 352 g/mol. The van der Waals surface area contributed by atoms with Crippen LogP contribution in [-0.4, -0.2) is 17.9 Å². The molecule has 0 bridgehead atoms. The zero-order valence-corrected chi connectivity index (χ0v) is 15.1. The molecule has 3 rings (SSSR count). The molecule has 4 nitrogen and oxygen atoms in total. The van der Waals surface area contributed by atoms with E-state index in [-0.39, 0.29) is 11.7 Å².